The van der Waals surface area contributed by atoms with Crippen LogP contribution >= 0.6 is 0 Å². The third kappa shape index (κ3) is 3.67. The van der Waals surface area contributed by atoms with E-state index in [1.165, 1.54) is 5.56 Å². The largest absolute Gasteiger partial charge is 0.481 e. The lowest BCUT2D eigenvalue weighted by Crippen LogP contribution is -2.29. The van der Waals surface area contributed by atoms with E-state index >= 15 is 0 Å². The number of benzene rings is 1. The summed E-state index contributed by atoms with van der Waals surface area (Å²) in [5, 5.41) is 16.9. The summed E-state index contributed by atoms with van der Waals surface area (Å²) >= 11 is 0. The SMILES string of the molecule is O=C(O)C1CCC(Nc2cnn(Cc3ccccc3)c2)CC1. The van der Waals surface area contributed by atoms with Crippen molar-refractivity contribution in [1.29, 1.82) is 0 Å². The molecule has 1 fully saturated rings. The highest BCUT2D eigenvalue weighted by atomic mass is 16.4. The van der Waals surface area contributed by atoms with Crippen molar-refractivity contribution >= 4 is 11.7 Å². The van der Waals surface area contributed by atoms with Crippen LogP contribution in [0, 0.1) is 5.92 Å². The average Bonchev–Trinajstić information content (AvgIpc) is 2.96. The minimum absolute atomic E-state index is 0.168. The van der Waals surface area contributed by atoms with Gasteiger partial charge in [-0.1, -0.05) is 30.3 Å². The highest BCUT2D eigenvalue weighted by Crippen LogP contribution is 2.26. The summed E-state index contributed by atoms with van der Waals surface area (Å²) < 4.78 is 1.92. The van der Waals surface area contributed by atoms with Gasteiger partial charge in [0, 0.05) is 12.2 Å². The molecule has 1 heterocycles. The molecule has 5 nitrogen and oxygen atoms in total. The minimum atomic E-state index is -0.658. The molecule has 0 spiro atoms. The van der Waals surface area contributed by atoms with E-state index in [2.05, 4.69) is 22.5 Å². The number of anilines is 1. The Morgan fingerprint density at radius 3 is 2.64 bits per heavy atom. The maximum atomic E-state index is 11.0. The van der Waals surface area contributed by atoms with E-state index in [4.69, 9.17) is 5.11 Å². The van der Waals surface area contributed by atoms with E-state index in [0.717, 1.165) is 37.9 Å². The molecule has 116 valence electrons. The van der Waals surface area contributed by atoms with Gasteiger partial charge in [-0.05, 0) is 31.2 Å². The van der Waals surface area contributed by atoms with Gasteiger partial charge >= 0.3 is 5.97 Å². The Morgan fingerprint density at radius 2 is 1.95 bits per heavy atom. The predicted octanol–water partition coefficient (Wildman–Crippen LogP) is 2.99. The molecule has 0 unspecified atom stereocenters. The van der Waals surface area contributed by atoms with E-state index < -0.39 is 5.97 Å². The Bertz CT molecular complexity index is 616. The molecule has 1 saturated carbocycles. The van der Waals surface area contributed by atoms with Crippen LogP contribution in [-0.4, -0.2) is 26.9 Å². The number of aromatic nitrogens is 2. The Hall–Kier alpha value is -2.30. The number of carboxylic acids is 1. The summed E-state index contributed by atoms with van der Waals surface area (Å²) in [7, 11) is 0. The molecular weight excluding hydrogens is 278 g/mol. The maximum Gasteiger partial charge on any atom is 0.306 e. The van der Waals surface area contributed by atoms with Gasteiger partial charge in [0.05, 0.1) is 24.3 Å². The molecule has 0 aliphatic heterocycles. The molecule has 1 aliphatic rings. The van der Waals surface area contributed by atoms with Gasteiger partial charge < -0.3 is 10.4 Å². The molecule has 1 aromatic heterocycles. The predicted molar refractivity (Wildman–Crippen MR) is 84.8 cm³/mol. The van der Waals surface area contributed by atoms with Gasteiger partial charge in [-0.3, -0.25) is 9.48 Å². The fraction of sp³-hybridized carbons (Fsp3) is 0.412. The Balaban J connectivity index is 1.53. The van der Waals surface area contributed by atoms with Crippen LogP contribution in [0.4, 0.5) is 5.69 Å². The second-order valence-electron chi connectivity index (χ2n) is 5.94. The van der Waals surface area contributed by atoms with Gasteiger partial charge in [0.15, 0.2) is 0 Å². The second-order valence-corrected chi connectivity index (χ2v) is 5.94. The molecular formula is C17H21N3O2. The molecule has 0 amide bonds. The fourth-order valence-corrected chi connectivity index (χ4v) is 3.02. The zero-order chi connectivity index (χ0) is 15.4. The summed E-state index contributed by atoms with van der Waals surface area (Å²) in [6.45, 7) is 0.758. The smallest absolute Gasteiger partial charge is 0.306 e. The van der Waals surface area contributed by atoms with Crippen molar-refractivity contribution < 1.29 is 9.90 Å². The molecule has 0 bridgehead atoms. The first-order valence-corrected chi connectivity index (χ1v) is 7.76. The first kappa shape index (κ1) is 14.6. The van der Waals surface area contributed by atoms with E-state index in [1.54, 1.807) is 0 Å². The quantitative estimate of drug-likeness (QED) is 0.890. The van der Waals surface area contributed by atoms with Crippen LogP contribution in [0.3, 0.4) is 0 Å². The minimum Gasteiger partial charge on any atom is -0.481 e. The molecule has 2 aromatic rings. The Morgan fingerprint density at radius 1 is 1.23 bits per heavy atom. The van der Waals surface area contributed by atoms with Crippen LogP contribution in [0.15, 0.2) is 42.7 Å². The van der Waals surface area contributed by atoms with Gasteiger partial charge in [0.2, 0.25) is 0 Å². The summed E-state index contributed by atoms with van der Waals surface area (Å²) in [5.74, 6) is -0.826. The number of carbonyl (C=O) groups is 1. The third-order valence-electron chi connectivity index (χ3n) is 4.27. The molecule has 5 heteroatoms. The molecule has 0 radical (unpaired) electrons. The van der Waals surface area contributed by atoms with Crippen molar-refractivity contribution in [3.05, 3.63) is 48.3 Å². The number of nitrogens with zero attached hydrogens (tertiary/aromatic N) is 2. The van der Waals surface area contributed by atoms with Crippen molar-refractivity contribution in [2.75, 3.05) is 5.32 Å². The average molecular weight is 299 g/mol. The number of hydrogen-bond donors (Lipinski definition) is 2. The van der Waals surface area contributed by atoms with Crippen LogP contribution in [0.1, 0.15) is 31.2 Å². The number of hydrogen-bond acceptors (Lipinski definition) is 3. The lowest BCUT2D eigenvalue weighted by molar-refractivity contribution is -0.142. The molecule has 0 saturated heterocycles. The van der Waals surface area contributed by atoms with E-state index in [-0.39, 0.29) is 5.92 Å². The molecule has 1 aliphatic carbocycles. The molecule has 22 heavy (non-hydrogen) atoms. The summed E-state index contributed by atoms with van der Waals surface area (Å²) in [5.41, 5.74) is 2.23. The van der Waals surface area contributed by atoms with Crippen LogP contribution in [-0.2, 0) is 11.3 Å². The monoisotopic (exact) mass is 299 g/mol. The first-order valence-electron chi connectivity index (χ1n) is 7.76. The zero-order valence-corrected chi connectivity index (χ0v) is 12.5. The van der Waals surface area contributed by atoms with Crippen molar-refractivity contribution in [2.45, 2.75) is 38.3 Å². The number of carboxylic acid groups (broad SMARTS) is 1. The third-order valence-corrected chi connectivity index (χ3v) is 4.27. The lowest BCUT2D eigenvalue weighted by Gasteiger charge is -2.26. The number of rotatable bonds is 5. The summed E-state index contributed by atoms with van der Waals surface area (Å²) in [4.78, 5) is 11.0. The van der Waals surface area contributed by atoms with Gasteiger partial charge in [0.25, 0.3) is 0 Å². The molecule has 0 atom stereocenters. The molecule has 3 rings (SSSR count). The normalized spacial score (nSPS) is 21.5. The maximum absolute atomic E-state index is 11.0. The van der Waals surface area contributed by atoms with Gasteiger partial charge in [0.1, 0.15) is 0 Å². The van der Waals surface area contributed by atoms with Crippen molar-refractivity contribution in [3.8, 4) is 0 Å². The second kappa shape index (κ2) is 6.64. The van der Waals surface area contributed by atoms with Crippen LogP contribution in [0.5, 0.6) is 0 Å². The van der Waals surface area contributed by atoms with Crippen LogP contribution < -0.4 is 5.32 Å². The molecule has 1 aromatic carbocycles. The first-order chi connectivity index (χ1) is 10.7. The highest BCUT2D eigenvalue weighted by Gasteiger charge is 2.25. The van der Waals surface area contributed by atoms with E-state index in [9.17, 15) is 4.79 Å². The van der Waals surface area contributed by atoms with Gasteiger partial charge in [-0.15, -0.1) is 0 Å². The van der Waals surface area contributed by atoms with Crippen molar-refractivity contribution in [3.63, 3.8) is 0 Å². The summed E-state index contributed by atoms with van der Waals surface area (Å²) in [6, 6.07) is 10.6. The van der Waals surface area contributed by atoms with Crippen molar-refractivity contribution in [2.24, 2.45) is 5.92 Å². The zero-order valence-electron chi connectivity index (χ0n) is 12.5. The van der Waals surface area contributed by atoms with Crippen LogP contribution in [0.25, 0.3) is 0 Å². The number of aliphatic carboxylic acids is 1. The van der Waals surface area contributed by atoms with E-state index in [0.29, 0.717) is 6.04 Å². The van der Waals surface area contributed by atoms with Crippen LogP contribution in [0.2, 0.25) is 0 Å². The molecule has 2 N–H and O–H groups in total. The van der Waals surface area contributed by atoms with Gasteiger partial charge in [-0.25, -0.2) is 0 Å². The highest BCUT2D eigenvalue weighted by molar-refractivity contribution is 5.70. The standard InChI is InChI=1S/C17H21N3O2/c21-17(22)14-6-8-15(9-7-14)19-16-10-18-20(12-16)11-13-4-2-1-3-5-13/h1-5,10,12,14-15,19H,6-9,11H2,(H,21,22). The Labute approximate surface area is 130 Å². The number of nitrogens with one attached hydrogen (secondary N) is 1. The summed E-state index contributed by atoms with van der Waals surface area (Å²) in [6.07, 6.45) is 7.17. The fourth-order valence-electron chi connectivity index (χ4n) is 3.02. The topological polar surface area (TPSA) is 67.2 Å². The lowest BCUT2D eigenvalue weighted by atomic mass is 9.86. The van der Waals surface area contributed by atoms with E-state index in [1.807, 2.05) is 35.3 Å². The van der Waals surface area contributed by atoms with Gasteiger partial charge in [-0.2, -0.15) is 5.10 Å². The van der Waals surface area contributed by atoms with Crippen molar-refractivity contribution in [1.82, 2.24) is 9.78 Å². The Kier molecular flexibility index (Phi) is 4.42.